The fraction of sp³-hybridized carbons (Fsp3) is 0.0952. The molecule has 3 nitrogen and oxygen atoms in total. The number of hydrogen-bond acceptors (Lipinski definition) is 4. The lowest BCUT2D eigenvalue weighted by molar-refractivity contribution is 0.105. The number of benzene rings is 2. The Morgan fingerprint density at radius 2 is 1.93 bits per heavy atom. The average Bonchev–Trinajstić information content (AvgIpc) is 3.12. The number of rotatable bonds is 7. The van der Waals surface area contributed by atoms with Crippen LogP contribution in [-0.2, 0) is 6.61 Å². The molecule has 0 aliphatic heterocycles. The number of carbonyl (C=O) groups is 1. The summed E-state index contributed by atoms with van der Waals surface area (Å²) in [7, 11) is 1.58. The summed E-state index contributed by atoms with van der Waals surface area (Å²) >= 11 is 7.11. The van der Waals surface area contributed by atoms with Crippen molar-refractivity contribution in [2.75, 3.05) is 7.11 Å². The van der Waals surface area contributed by atoms with Crippen molar-refractivity contribution >= 4 is 34.8 Å². The van der Waals surface area contributed by atoms with E-state index in [0.717, 1.165) is 11.1 Å². The minimum atomic E-state index is -0.316. The molecule has 6 heteroatoms. The van der Waals surface area contributed by atoms with Crippen LogP contribution < -0.4 is 9.47 Å². The van der Waals surface area contributed by atoms with Crippen LogP contribution in [0.3, 0.4) is 0 Å². The summed E-state index contributed by atoms with van der Waals surface area (Å²) in [5.74, 6) is 0.811. The van der Waals surface area contributed by atoms with E-state index in [2.05, 4.69) is 0 Å². The highest BCUT2D eigenvalue weighted by Crippen LogP contribution is 2.24. The molecule has 0 saturated heterocycles. The van der Waals surface area contributed by atoms with E-state index in [1.165, 1.54) is 29.5 Å². The van der Waals surface area contributed by atoms with E-state index >= 15 is 0 Å². The molecule has 0 unspecified atom stereocenters. The summed E-state index contributed by atoms with van der Waals surface area (Å²) in [6.45, 7) is 0.255. The monoisotopic (exact) mass is 402 g/mol. The van der Waals surface area contributed by atoms with Gasteiger partial charge in [0.1, 0.15) is 23.9 Å². The summed E-state index contributed by atoms with van der Waals surface area (Å²) in [4.78, 5) is 12.8. The molecule has 27 heavy (non-hydrogen) atoms. The summed E-state index contributed by atoms with van der Waals surface area (Å²) in [6.07, 6.45) is 3.24. The number of thiophene rings is 1. The Hall–Kier alpha value is -2.63. The molecule has 3 rings (SSSR count). The first-order valence-electron chi connectivity index (χ1n) is 8.08. The van der Waals surface area contributed by atoms with Crippen molar-refractivity contribution < 1.29 is 18.7 Å². The van der Waals surface area contributed by atoms with Gasteiger partial charge >= 0.3 is 0 Å². The Morgan fingerprint density at radius 3 is 2.59 bits per heavy atom. The van der Waals surface area contributed by atoms with Gasteiger partial charge in [0, 0.05) is 5.56 Å². The second-order valence-corrected chi connectivity index (χ2v) is 7.33. The molecule has 0 spiro atoms. The van der Waals surface area contributed by atoms with Crippen LogP contribution in [0.25, 0.3) is 6.08 Å². The highest BCUT2D eigenvalue weighted by Gasteiger charge is 2.07. The maximum absolute atomic E-state index is 13.0. The van der Waals surface area contributed by atoms with Crippen molar-refractivity contribution in [2.24, 2.45) is 0 Å². The third kappa shape index (κ3) is 5.18. The normalized spacial score (nSPS) is 10.9. The second-order valence-electron chi connectivity index (χ2n) is 5.62. The lowest BCUT2D eigenvalue weighted by Gasteiger charge is -2.11. The molecule has 1 heterocycles. The molecule has 0 aliphatic rings. The first-order chi connectivity index (χ1) is 13.0. The Kier molecular flexibility index (Phi) is 6.27. The summed E-state index contributed by atoms with van der Waals surface area (Å²) in [5, 5.41) is 0. The van der Waals surface area contributed by atoms with Crippen LogP contribution in [0.5, 0.6) is 11.5 Å². The molecule has 0 amide bonds. The minimum Gasteiger partial charge on any atom is -0.496 e. The first-order valence-corrected chi connectivity index (χ1v) is 9.27. The quantitative estimate of drug-likeness (QED) is 0.358. The van der Waals surface area contributed by atoms with E-state index in [9.17, 15) is 9.18 Å². The SMILES string of the molecule is COc1ccc(/C=C/C(=O)c2ccc(Cl)s2)cc1COc1ccc(F)cc1. The van der Waals surface area contributed by atoms with Gasteiger partial charge in [0.2, 0.25) is 0 Å². The van der Waals surface area contributed by atoms with Gasteiger partial charge < -0.3 is 9.47 Å². The zero-order chi connectivity index (χ0) is 19.2. The molecular formula is C21H16ClFO3S. The Balaban J connectivity index is 1.73. The molecule has 2 aromatic carbocycles. The van der Waals surface area contributed by atoms with Gasteiger partial charge in [-0.1, -0.05) is 23.7 Å². The minimum absolute atomic E-state index is 0.105. The fourth-order valence-electron chi connectivity index (χ4n) is 2.41. The van der Waals surface area contributed by atoms with Gasteiger partial charge in [0.25, 0.3) is 0 Å². The van der Waals surface area contributed by atoms with Crippen LogP contribution in [0.15, 0.2) is 60.7 Å². The van der Waals surface area contributed by atoms with Gasteiger partial charge in [0.05, 0.1) is 16.3 Å². The van der Waals surface area contributed by atoms with E-state index in [0.29, 0.717) is 20.7 Å². The van der Waals surface area contributed by atoms with Gasteiger partial charge in [0.15, 0.2) is 5.78 Å². The average molecular weight is 403 g/mol. The number of ether oxygens (including phenoxy) is 2. The number of hydrogen-bond donors (Lipinski definition) is 0. The molecule has 1 aromatic heterocycles. The fourth-order valence-corrected chi connectivity index (χ4v) is 3.37. The first kappa shape index (κ1) is 19.1. The predicted octanol–water partition coefficient (Wildman–Crippen LogP) is 6.02. The zero-order valence-corrected chi connectivity index (χ0v) is 16.0. The predicted molar refractivity (Wildman–Crippen MR) is 106 cm³/mol. The van der Waals surface area contributed by atoms with E-state index in [-0.39, 0.29) is 18.2 Å². The molecule has 0 aliphatic carbocycles. The van der Waals surface area contributed by atoms with Gasteiger partial charge in [-0.15, -0.1) is 11.3 Å². The number of carbonyl (C=O) groups excluding carboxylic acids is 1. The third-order valence-electron chi connectivity index (χ3n) is 3.76. The van der Waals surface area contributed by atoms with Gasteiger partial charge in [-0.25, -0.2) is 4.39 Å². The van der Waals surface area contributed by atoms with Gasteiger partial charge in [-0.05, 0) is 60.2 Å². The van der Waals surface area contributed by atoms with Crippen molar-refractivity contribution in [2.45, 2.75) is 6.61 Å². The van der Waals surface area contributed by atoms with Crippen molar-refractivity contribution in [3.05, 3.63) is 86.8 Å². The van der Waals surface area contributed by atoms with Crippen LogP contribution in [0, 0.1) is 5.82 Å². The van der Waals surface area contributed by atoms with Crippen LogP contribution in [-0.4, -0.2) is 12.9 Å². The van der Waals surface area contributed by atoms with Crippen molar-refractivity contribution in [1.29, 1.82) is 0 Å². The summed E-state index contributed by atoms with van der Waals surface area (Å²) in [5.41, 5.74) is 1.65. The van der Waals surface area contributed by atoms with E-state index in [1.807, 2.05) is 18.2 Å². The summed E-state index contributed by atoms with van der Waals surface area (Å²) < 4.78 is 24.6. The number of methoxy groups -OCH3 is 1. The van der Waals surface area contributed by atoms with Gasteiger partial charge in [-0.2, -0.15) is 0 Å². The second kappa shape index (κ2) is 8.84. The molecule has 3 aromatic rings. The molecule has 0 saturated carbocycles. The smallest absolute Gasteiger partial charge is 0.195 e. The lowest BCUT2D eigenvalue weighted by Crippen LogP contribution is -1.99. The van der Waals surface area contributed by atoms with Gasteiger partial charge in [-0.3, -0.25) is 4.79 Å². The number of halogens is 2. The molecule has 0 atom stereocenters. The summed E-state index contributed by atoms with van der Waals surface area (Å²) in [6, 6.07) is 14.8. The topological polar surface area (TPSA) is 35.5 Å². The Bertz CT molecular complexity index is 964. The lowest BCUT2D eigenvalue weighted by atomic mass is 10.1. The largest absolute Gasteiger partial charge is 0.496 e. The highest BCUT2D eigenvalue weighted by molar-refractivity contribution is 7.18. The number of allylic oxidation sites excluding steroid dienone is 1. The van der Waals surface area contributed by atoms with E-state index in [1.54, 1.807) is 37.5 Å². The van der Waals surface area contributed by atoms with Crippen molar-refractivity contribution in [3.8, 4) is 11.5 Å². The third-order valence-corrected chi connectivity index (χ3v) is 5.00. The van der Waals surface area contributed by atoms with E-state index in [4.69, 9.17) is 21.1 Å². The van der Waals surface area contributed by atoms with Crippen LogP contribution in [0.2, 0.25) is 4.34 Å². The molecule has 0 N–H and O–H groups in total. The maximum atomic E-state index is 13.0. The van der Waals surface area contributed by atoms with Crippen molar-refractivity contribution in [3.63, 3.8) is 0 Å². The molecule has 0 bridgehead atoms. The zero-order valence-electron chi connectivity index (χ0n) is 14.4. The van der Waals surface area contributed by atoms with Crippen molar-refractivity contribution in [1.82, 2.24) is 0 Å². The Labute approximate surface area is 165 Å². The standard InChI is InChI=1S/C21H16ClFO3S/c1-25-19-9-3-14(2-8-18(24)20-10-11-21(22)27-20)12-15(19)13-26-17-6-4-16(23)5-7-17/h2-12H,13H2,1H3/b8-2+. The molecular weight excluding hydrogens is 387 g/mol. The van der Waals surface area contributed by atoms with E-state index < -0.39 is 0 Å². The molecule has 138 valence electrons. The van der Waals surface area contributed by atoms with Crippen LogP contribution in [0.1, 0.15) is 20.8 Å². The van der Waals surface area contributed by atoms with Crippen LogP contribution in [0.4, 0.5) is 4.39 Å². The maximum Gasteiger partial charge on any atom is 0.195 e. The number of ketones is 1. The Morgan fingerprint density at radius 1 is 1.15 bits per heavy atom. The highest BCUT2D eigenvalue weighted by atomic mass is 35.5. The van der Waals surface area contributed by atoms with Crippen LogP contribution >= 0.6 is 22.9 Å². The molecule has 0 fully saturated rings. The molecule has 0 radical (unpaired) electrons.